The van der Waals surface area contributed by atoms with E-state index in [2.05, 4.69) is 15.3 Å². The lowest BCUT2D eigenvalue weighted by Crippen LogP contribution is -2.04. The number of rotatable bonds is 4. The van der Waals surface area contributed by atoms with E-state index >= 15 is 0 Å². The normalized spacial score (nSPS) is 10.8. The van der Waals surface area contributed by atoms with Gasteiger partial charge in [0.15, 0.2) is 0 Å². The van der Waals surface area contributed by atoms with Crippen molar-refractivity contribution in [3.05, 3.63) is 65.1 Å². The number of aliphatic hydroxyl groups excluding tert-OH is 1. The summed E-state index contributed by atoms with van der Waals surface area (Å²) in [6, 6.07) is 11.3. The minimum Gasteiger partial charge on any atom is -0.390 e. The van der Waals surface area contributed by atoms with Gasteiger partial charge in [0.05, 0.1) is 18.8 Å². The molecule has 21 heavy (non-hydrogen) atoms. The van der Waals surface area contributed by atoms with Crippen LogP contribution in [0.25, 0.3) is 11.3 Å². The lowest BCUT2D eigenvalue weighted by Gasteiger charge is -2.08. The van der Waals surface area contributed by atoms with Crippen molar-refractivity contribution in [1.82, 2.24) is 20.0 Å². The number of hydrogen-bond donors (Lipinski definition) is 1. The van der Waals surface area contributed by atoms with E-state index in [1.807, 2.05) is 36.4 Å². The van der Waals surface area contributed by atoms with E-state index < -0.39 is 0 Å². The van der Waals surface area contributed by atoms with Gasteiger partial charge in [0.2, 0.25) is 0 Å². The van der Waals surface area contributed by atoms with Crippen LogP contribution < -0.4 is 0 Å². The number of benzene rings is 1. The van der Waals surface area contributed by atoms with Crippen molar-refractivity contribution in [2.45, 2.75) is 13.2 Å². The van der Waals surface area contributed by atoms with E-state index in [1.54, 1.807) is 17.1 Å². The van der Waals surface area contributed by atoms with Crippen LogP contribution >= 0.6 is 11.6 Å². The van der Waals surface area contributed by atoms with Gasteiger partial charge in [-0.25, -0.2) is 4.68 Å². The second-order valence-corrected chi connectivity index (χ2v) is 5.01. The summed E-state index contributed by atoms with van der Waals surface area (Å²) in [6.07, 6.45) is 3.43. The molecule has 3 aromatic rings. The standard InChI is InChI=1S/C15H13ClN4O/c16-13-5-1-3-11(7-13)9-20-15(14(10-21)18-19-20)12-4-2-6-17-8-12/h1-8,21H,9-10H2. The topological polar surface area (TPSA) is 63.8 Å². The van der Waals surface area contributed by atoms with E-state index in [0.717, 1.165) is 16.8 Å². The van der Waals surface area contributed by atoms with Gasteiger partial charge >= 0.3 is 0 Å². The van der Waals surface area contributed by atoms with Crippen molar-refractivity contribution in [2.75, 3.05) is 0 Å². The largest absolute Gasteiger partial charge is 0.390 e. The van der Waals surface area contributed by atoms with E-state index in [0.29, 0.717) is 17.3 Å². The first-order chi connectivity index (χ1) is 10.3. The van der Waals surface area contributed by atoms with E-state index in [4.69, 9.17) is 11.6 Å². The molecule has 5 nitrogen and oxygen atoms in total. The summed E-state index contributed by atoms with van der Waals surface area (Å²) in [5, 5.41) is 18.3. The van der Waals surface area contributed by atoms with Crippen molar-refractivity contribution in [2.24, 2.45) is 0 Å². The number of hydrogen-bond acceptors (Lipinski definition) is 4. The minimum absolute atomic E-state index is 0.167. The third kappa shape index (κ3) is 2.94. The molecule has 0 aliphatic rings. The van der Waals surface area contributed by atoms with Crippen LogP contribution in [0.2, 0.25) is 5.02 Å². The van der Waals surface area contributed by atoms with Crippen LogP contribution in [0.5, 0.6) is 0 Å². The highest BCUT2D eigenvalue weighted by Gasteiger charge is 2.14. The fourth-order valence-corrected chi connectivity index (χ4v) is 2.41. The van der Waals surface area contributed by atoms with Crippen LogP contribution in [0.3, 0.4) is 0 Å². The molecular weight excluding hydrogens is 288 g/mol. The van der Waals surface area contributed by atoms with Gasteiger partial charge in [-0.1, -0.05) is 28.9 Å². The maximum atomic E-state index is 9.45. The quantitative estimate of drug-likeness (QED) is 0.804. The van der Waals surface area contributed by atoms with Crippen molar-refractivity contribution >= 4 is 11.6 Å². The number of aliphatic hydroxyl groups is 1. The zero-order valence-corrected chi connectivity index (χ0v) is 11.9. The second kappa shape index (κ2) is 6.03. The number of aromatic nitrogens is 4. The molecule has 0 bridgehead atoms. The SMILES string of the molecule is OCc1nnn(Cc2cccc(Cl)c2)c1-c1cccnc1. The van der Waals surface area contributed by atoms with Crippen molar-refractivity contribution in [3.63, 3.8) is 0 Å². The summed E-state index contributed by atoms with van der Waals surface area (Å²) >= 11 is 6.01. The minimum atomic E-state index is -0.167. The highest BCUT2D eigenvalue weighted by atomic mass is 35.5. The van der Waals surface area contributed by atoms with Gasteiger partial charge in [-0.15, -0.1) is 5.10 Å². The molecule has 2 heterocycles. The molecule has 6 heteroatoms. The molecule has 106 valence electrons. The molecule has 0 saturated carbocycles. The Labute approximate surface area is 126 Å². The highest BCUT2D eigenvalue weighted by molar-refractivity contribution is 6.30. The van der Waals surface area contributed by atoms with Gasteiger partial charge in [0, 0.05) is 23.0 Å². The molecule has 0 amide bonds. The average molecular weight is 301 g/mol. The third-order valence-electron chi connectivity index (χ3n) is 3.11. The Balaban J connectivity index is 2.02. The first-order valence-corrected chi connectivity index (χ1v) is 6.84. The first kappa shape index (κ1) is 13.7. The first-order valence-electron chi connectivity index (χ1n) is 6.46. The predicted molar refractivity (Wildman–Crippen MR) is 79.7 cm³/mol. The molecule has 1 N–H and O–H groups in total. The van der Waals surface area contributed by atoms with Gasteiger partial charge in [0.1, 0.15) is 5.69 Å². The van der Waals surface area contributed by atoms with E-state index in [-0.39, 0.29) is 6.61 Å². The Bertz CT molecular complexity index is 742. The zero-order chi connectivity index (χ0) is 14.7. The van der Waals surface area contributed by atoms with Crippen molar-refractivity contribution in [3.8, 4) is 11.3 Å². The summed E-state index contributed by atoms with van der Waals surface area (Å²) in [6.45, 7) is 0.359. The molecule has 1 aromatic carbocycles. The average Bonchev–Trinajstić information content (AvgIpc) is 2.91. The highest BCUT2D eigenvalue weighted by Crippen LogP contribution is 2.22. The maximum Gasteiger partial charge on any atom is 0.116 e. The van der Waals surface area contributed by atoms with Gasteiger partial charge in [-0.2, -0.15) is 0 Å². The Morgan fingerprint density at radius 1 is 1.19 bits per heavy atom. The van der Waals surface area contributed by atoms with Crippen molar-refractivity contribution in [1.29, 1.82) is 0 Å². The van der Waals surface area contributed by atoms with Crippen LogP contribution in [-0.4, -0.2) is 25.1 Å². The number of pyridine rings is 1. The Morgan fingerprint density at radius 3 is 2.81 bits per heavy atom. The van der Waals surface area contributed by atoms with Gasteiger partial charge < -0.3 is 5.11 Å². The van der Waals surface area contributed by atoms with E-state index in [1.165, 1.54) is 0 Å². The fraction of sp³-hybridized carbons (Fsp3) is 0.133. The van der Waals surface area contributed by atoms with Crippen LogP contribution in [0.15, 0.2) is 48.8 Å². The molecule has 0 aliphatic carbocycles. The monoisotopic (exact) mass is 300 g/mol. The Morgan fingerprint density at radius 2 is 2.10 bits per heavy atom. The van der Waals surface area contributed by atoms with Crippen LogP contribution in [-0.2, 0) is 13.2 Å². The molecule has 0 unspecified atom stereocenters. The Hall–Kier alpha value is -2.24. The van der Waals surface area contributed by atoms with Crippen LogP contribution in [0.4, 0.5) is 0 Å². The number of nitrogens with zero attached hydrogens (tertiary/aromatic N) is 4. The molecule has 3 rings (SSSR count). The fourth-order valence-electron chi connectivity index (χ4n) is 2.19. The zero-order valence-electron chi connectivity index (χ0n) is 11.1. The second-order valence-electron chi connectivity index (χ2n) is 4.57. The van der Waals surface area contributed by atoms with Gasteiger partial charge in [0.25, 0.3) is 0 Å². The van der Waals surface area contributed by atoms with Crippen molar-refractivity contribution < 1.29 is 5.11 Å². The summed E-state index contributed by atoms with van der Waals surface area (Å²) in [7, 11) is 0. The summed E-state index contributed by atoms with van der Waals surface area (Å²) in [5.74, 6) is 0. The summed E-state index contributed by atoms with van der Waals surface area (Å²) in [5.41, 5.74) is 3.19. The lowest BCUT2D eigenvalue weighted by atomic mass is 10.1. The molecule has 0 saturated heterocycles. The smallest absolute Gasteiger partial charge is 0.116 e. The van der Waals surface area contributed by atoms with Gasteiger partial charge in [-0.3, -0.25) is 4.98 Å². The molecule has 0 spiro atoms. The lowest BCUT2D eigenvalue weighted by molar-refractivity contribution is 0.277. The summed E-state index contributed by atoms with van der Waals surface area (Å²) in [4.78, 5) is 4.11. The van der Waals surface area contributed by atoms with Crippen LogP contribution in [0.1, 0.15) is 11.3 Å². The molecule has 2 aromatic heterocycles. The molecule has 0 fully saturated rings. The molecular formula is C15H13ClN4O. The van der Waals surface area contributed by atoms with E-state index in [9.17, 15) is 5.11 Å². The molecule has 0 aliphatic heterocycles. The maximum absolute atomic E-state index is 9.45. The third-order valence-corrected chi connectivity index (χ3v) is 3.35. The van der Waals surface area contributed by atoms with Gasteiger partial charge in [-0.05, 0) is 29.8 Å². The van der Waals surface area contributed by atoms with Crippen LogP contribution in [0, 0.1) is 0 Å². The molecule has 0 atom stereocenters. The predicted octanol–water partition coefficient (Wildman–Crippen LogP) is 2.53. The molecule has 0 radical (unpaired) electrons. The summed E-state index contributed by atoms with van der Waals surface area (Å²) < 4.78 is 1.74. The number of halogens is 1. The Kier molecular flexibility index (Phi) is 3.94.